The maximum atomic E-state index is 4.47. The molecular weight excluding hydrogens is 220 g/mol. The summed E-state index contributed by atoms with van der Waals surface area (Å²) in [6.07, 6.45) is 1.90. The van der Waals surface area contributed by atoms with Gasteiger partial charge in [0.15, 0.2) is 0 Å². The molecule has 0 aliphatic rings. The van der Waals surface area contributed by atoms with E-state index in [1.807, 2.05) is 6.20 Å². The third-order valence-electron chi connectivity index (χ3n) is 3.49. The number of pyridine rings is 1. The summed E-state index contributed by atoms with van der Waals surface area (Å²) in [7, 11) is 0. The van der Waals surface area contributed by atoms with Gasteiger partial charge in [0.1, 0.15) is 5.65 Å². The first-order chi connectivity index (χ1) is 8.83. The highest BCUT2D eigenvalue weighted by molar-refractivity contribution is 6.16. The molecule has 2 aromatic heterocycles. The molecule has 2 aromatic carbocycles. The molecule has 0 amide bonds. The minimum atomic E-state index is 0.965. The summed E-state index contributed by atoms with van der Waals surface area (Å²) >= 11 is 0. The fraction of sp³-hybridized carbons (Fsp3) is 0.0625. The molecule has 0 aliphatic heterocycles. The number of fused-ring (bicyclic) bond motifs is 5. The predicted octanol–water partition coefficient (Wildman–Crippen LogP) is 4.18. The molecule has 2 heterocycles. The van der Waals surface area contributed by atoms with Gasteiger partial charge < -0.3 is 4.98 Å². The maximum absolute atomic E-state index is 4.47. The molecule has 4 aromatic rings. The van der Waals surface area contributed by atoms with Crippen LogP contribution in [0.1, 0.15) is 5.56 Å². The van der Waals surface area contributed by atoms with Crippen molar-refractivity contribution in [3.8, 4) is 0 Å². The van der Waals surface area contributed by atoms with Gasteiger partial charge in [-0.3, -0.25) is 0 Å². The van der Waals surface area contributed by atoms with Crippen LogP contribution in [0, 0.1) is 6.92 Å². The summed E-state index contributed by atoms with van der Waals surface area (Å²) in [4.78, 5) is 7.91. The first-order valence-electron chi connectivity index (χ1n) is 6.09. The van der Waals surface area contributed by atoms with E-state index in [4.69, 9.17) is 0 Å². The molecule has 0 unspecified atom stereocenters. The second kappa shape index (κ2) is 3.33. The smallest absolute Gasteiger partial charge is 0.138 e. The lowest BCUT2D eigenvalue weighted by Crippen LogP contribution is -1.77. The highest BCUT2D eigenvalue weighted by Gasteiger charge is 2.07. The van der Waals surface area contributed by atoms with Crippen molar-refractivity contribution in [3.05, 3.63) is 54.2 Å². The zero-order chi connectivity index (χ0) is 12.1. The summed E-state index contributed by atoms with van der Waals surface area (Å²) in [6.45, 7) is 2.08. The molecule has 4 rings (SSSR count). The molecule has 0 bridgehead atoms. The van der Waals surface area contributed by atoms with Crippen LogP contribution in [0.3, 0.4) is 0 Å². The summed E-state index contributed by atoms with van der Waals surface area (Å²) in [5.74, 6) is 0. The first kappa shape index (κ1) is 9.66. The lowest BCUT2D eigenvalue weighted by atomic mass is 10.1. The minimum Gasteiger partial charge on any atom is -0.339 e. The van der Waals surface area contributed by atoms with Gasteiger partial charge in [0.25, 0.3) is 0 Å². The Morgan fingerprint density at radius 2 is 1.83 bits per heavy atom. The maximum Gasteiger partial charge on any atom is 0.138 e. The van der Waals surface area contributed by atoms with E-state index in [0.29, 0.717) is 0 Å². The van der Waals surface area contributed by atoms with E-state index in [-0.39, 0.29) is 0 Å². The van der Waals surface area contributed by atoms with Crippen LogP contribution < -0.4 is 0 Å². The largest absolute Gasteiger partial charge is 0.339 e. The van der Waals surface area contributed by atoms with Crippen molar-refractivity contribution in [2.45, 2.75) is 6.92 Å². The van der Waals surface area contributed by atoms with E-state index in [0.717, 1.165) is 5.65 Å². The Hall–Kier alpha value is -2.35. The van der Waals surface area contributed by atoms with E-state index in [2.05, 4.69) is 59.4 Å². The van der Waals surface area contributed by atoms with Gasteiger partial charge in [-0.15, -0.1) is 0 Å². The molecule has 1 N–H and O–H groups in total. The molecule has 2 nitrogen and oxygen atoms in total. The van der Waals surface area contributed by atoms with Gasteiger partial charge in [-0.1, -0.05) is 36.4 Å². The van der Waals surface area contributed by atoms with E-state index < -0.39 is 0 Å². The SMILES string of the molecule is Cc1cnc2[nH]c3c4ccccc4ccc3c2c1. The average molecular weight is 232 g/mol. The lowest BCUT2D eigenvalue weighted by Gasteiger charge is -1.98. The van der Waals surface area contributed by atoms with Gasteiger partial charge in [0.05, 0.1) is 5.52 Å². The number of rotatable bonds is 0. The van der Waals surface area contributed by atoms with Crippen molar-refractivity contribution in [1.82, 2.24) is 9.97 Å². The Morgan fingerprint density at radius 1 is 0.944 bits per heavy atom. The van der Waals surface area contributed by atoms with Crippen molar-refractivity contribution < 1.29 is 0 Å². The highest BCUT2D eigenvalue weighted by atomic mass is 14.8. The summed E-state index contributed by atoms with van der Waals surface area (Å²) in [5.41, 5.74) is 3.34. The van der Waals surface area contributed by atoms with Gasteiger partial charge >= 0.3 is 0 Å². The molecule has 0 radical (unpaired) electrons. The zero-order valence-corrected chi connectivity index (χ0v) is 10.1. The number of nitrogens with zero attached hydrogens (tertiary/aromatic N) is 1. The predicted molar refractivity (Wildman–Crippen MR) is 75.8 cm³/mol. The third kappa shape index (κ3) is 1.20. The lowest BCUT2D eigenvalue weighted by molar-refractivity contribution is 1.30. The third-order valence-corrected chi connectivity index (χ3v) is 3.49. The topological polar surface area (TPSA) is 28.7 Å². The fourth-order valence-electron chi connectivity index (χ4n) is 2.62. The molecular formula is C16H12N2. The first-order valence-corrected chi connectivity index (χ1v) is 6.09. The summed E-state index contributed by atoms with van der Waals surface area (Å²) in [6, 6.07) is 15.0. The van der Waals surface area contributed by atoms with Gasteiger partial charge in [0, 0.05) is 22.4 Å². The second-order valence-electron chi connectivity index (χ2n) is 4.74. The molecule has 0 fully saturated rings. The molecule has 0 saturated heterocycles. The van der Waals surface area contributed by atoms with Gasteiger partial charge in [-0.05, 0) is 23.9 Å². The van der Waals surface area contributed by atoms with E-state index >= 15 is 0 Å². The minimum absolute atomic E-state index is 0.965. The van der Waals surface area contributed by atoms with Crippen LogP contribution in [0.2, 0.25) is 0 Å². The number of aromatic amines is 1. The Kier molecular flexibility index (Phi) is 1.78. The molecule has 0 atom stereocenters. The van der Waals surface area contributed by atoms with Crippen LogP contribution in [0.4, 0.5) is 0 Å². The van der Waals surface area contributed by atoms with Crippen molar-refractivity contribution >= 4 is 32.7 Å². The number of aromatic nitrogens is 2. The highest BCUT2D eigenvalue weighted by Crippen LogP contribution is 2.30. The molecule has 86 valence electrons. The zero-order valence-electron chi connectivity index (χ0n) is 10.1. The molecule has 0 saturated carbocycles. The van der Waals surface area contributed by atoms with E-state index in [1.165, 1.54) is 32.6 Å². The van der Waals surface area contributed by atoms with Crippen molar-refractivity contribution in [2.75, 3.05) is 0 Å². The van der Waals surface area contributed by atoms with Crippen molar-refractivity contribution in [2.24, 2.45) is 0 Å². The second-order valence-corrected chi connectivity index (χ2v) is 4.74. The number of hydrogen-bond acceptors (Lipinski definition) is 1. The standard InChI is InChI=1S/C16H12N2/c1-10-8-14-13-7-6-11-4-2-3-5-12(11)15(13)18-16(14)17-9-10/h2-9H,1H3,(H,17,18). The monoisotopic (exact) mass is 232 g/mol. The quantitative estimate of drug-likeness (QED) is 0.484. The Balaban J connectivity index is 2.30. The van der Waals surface area contributed by atoms with Gasteiger partial charge in [0.2, 0.25) is 0 Å². The Morgan fingerprint density at radius 3 is 2.78 bits per heavy atom. The molecule has 0 spiro atoms. The number of H-pyrrole nitrogens is 1. The number of benzene rings is 2. The van der Waals surface area contributed by atoms with Crippen LogP contribution >= 0.6 is 0 Å². The Labute approximate surface area is 104 Å². The van der Waals surface area contributed by atoms with Crippen LogP contribution in [0.25, 0.3) is 32.7 Å². The van der Waals surface area contributed by atoms with Crippen LogP contribution in [0.15, 0.2) is 48.7 Å². The van der Waals surface area contributed by atoms with Crippen LogP contribution in [-0.2, 0) is 0 Å². The molecule has 0 aliphatic carbocycles. The number of nitrogens with one attached hydrogen (secondary N) is 1. The van der Waals surface area contributed by atoms with Crippen LogP contribution in [-0.4, -0.2) is 9.97 Å². The summed E-state index contributed by atoms with van der Waals surface area (Å²) < 4.78 is 0. The van der Waals surface area contributed by atoms with E-state index in [9.17, 15) is 0 Å². The fourth-order valence-corrected chi connectivity index (χ4v) is 2.62. The molecule has 2 heteroatoms. The summed E-state index contributed by atoms with van der Waals surface area (Å²) in [5, 5.41) is 4.97. The van der Waals surface area contributed by atoms with Gasteiger partial charge in [-0.2, -0.15) is 0 Å². The number of hydrogen-bond donors (Lipinski definition) is 1. The van der Waals surface area contributed by atoms with Crippen molar-refractivity contribution in [3.63, 3.8) is 0 Å². The number of aryl methyl sites for hydroxylation is 1. The van der Waals surface area contributed by atoms with Gasteiger partial charge in [-0.25, -0.2) is 4.98 Å². The van der Waals surface area contributed by atoms with E-state index in [1.54, 1.807) is 0 Å². The Bertz CT molecular complexity index is 887. The normalized spacial score (nSPS) is 11.6. The average Bonchev–Trinajstić information content (AvgIpc) is 2.77. The van der Waals surface area contributed by atoms with Crippen molar-refractivity contribution in [1.29, 1.82) is 0 Å². The molecule has 18 heavy (non-hydrogen) atoms. The van der Waals surface area contributed by atoms with Crippen LogP contribution in [0.5, 0.6) is 0 Å².